The van der Waals surface area contributed by atoms with Crippen LogP contribution in [0.1, 0.15) is 5.56 Å². The van der Waals surface area contributed by atoms with Gasteiger partial charge in [0, 0.05) is 113 Å². The zero-order valence-electron chi connectivity index (χ0n) is 56.8. The van der Waals surface area contributed by atoms with Crippen LogP contribution in [0.5, 0.6) is 0 Å². The quantitative estimate of drug-likeness (QED) is 0.103. The maximum atomic E-state index is 5.17. The highest BCUT2D eigenvalue weighted by Crippen LogP contribution is 2.40. The Morgan fingerprint density at radius 1 is 0.171 bits per heavy atom. The van der Waals surface area contributed by atoms with Crippen LogP contribution in [-0.4, -0.2) is 54.8 Å². The second kappa shape index (κ2) is 32.3. The minimum absolute atomic E-state index is 0.558. The number of halogens is 2. The van der Waals surface area contributed by atoms with Gasteiger partial charge in [-0.25, -0.2) is 24.9 Å². The van der Waals surface area contributed by atoms with E-state index < -0.39 is 0 Å². The number of hydrogen-bond donors (Lipinski definition) is 0. The lowest BCUT2D eigenvalue weighted by molar-refractivity contribution is 1.07. The molecule has 500 valence electrons. The monoisotopic (exact) mass is 1480 g/mol. The molecule has 8 heterocycles. The second-order valence-electron chi connectivity index (χ2n) is 24.7. The maximum Gasteiger partial charge on any atom is 0.164 e. The molecule has 17 rings (SSSR count). The van der Waals surface area contributed by atoms with E-state index in [1.165, 1.54) is 5.56 Å². The molecular formula is C92H63Br2N11. The summed E-state index contributed by atoms with van der Waals surface area (Å²) in [6, 6.07) is 111. The van der Waals surface area contributed by atoms with Gasteiger partial charge in [0.15, 0.2) is 23.3 Å². The number of nitrogens with zero attached hydrogens (tertiary/aromatic N) is 11. The van der Waals surface area contributed by atoms with Crippen LogP contribution in [0.4, 0.5) is 0 Å². The van der Waals surface area contributed by atoms with Crippen molar-refractivity contribution in [1.82, 2.24) is 54.8 Å². The third-order valence-corrected chi connectivity index (χ3v) is 18.2. The number of rotatable bonds is 14. The molecule has 0 N–H and O–H groups in total. The third kappa shape index (κ3) is 16.8. The molecule has 0 unspecified atom stereocenters. The van der Waals surface area contributed by atoms with Gasteiger partial charge in [-0.05, 0) is 205 Å². The Hall–Kier alpha value is -13.1. The summed E-state index contributed by atoms with van der Waals surface area (Å²) in [5.74, 6) is 2.45. The number of aromatic nitrogens is 11. The van der Waals surface area contributed by atoms with Crippen molar-refractivity contribution in [2.24, 2.45) is 0 Å². The summed E-state index contributed by atoms with van der Waals surface area (Å²) in [6.45, 7) is 2.10. The van der Waals surface area contributed by atoms with Crippen LogP contribution in [0.3, 0.4) is 0 Å². The zero-order chi connectivity index (χ0) is 71.1. The van der Waals surface area contributed by atoms with Crippen molar-refractivity contribution < 1.29 is 0 Å². The summed E-state index contributed by atoms with van der Waals surface area (Å²) >= 11 is 7.10. The van der Waals surface area contributed by atoms with Gasteiger partial charge >= 0.3 is 0 Å². The van der Waals surface area contributed by atoms with Gasteiger partial charge in [0.05, 0.1) is 45.6 Å². The first kappa shape index (κ1) is 67.7. The van der Waals surface area contributed by atoms with Gasteiger partial charge in [0.25, 0.3) is 0 Å². The summed E-state index contributed by atoms with van der Waals surface area (Å²) in [5.41, 5.74) is 24.3. The van der Waals surface area contributed by atoms with E-state index in [-0.39, 0.29) is 0 Å². The van der Waals surface area contributed by atoms with Crippen LogP contribution in [-0.2, 0) is 0 Å². The largest absolute Gasteiger partial charge is 0.256 e. The molecular weight excluding hydrogens is 1420 g/mol. The molecule has 0 atom stereocenters. The summed E-state index contributed by atoms with van der Waals surface area (Å²) in [5, 5.41) is 0. The van der Waals surface area contributed by atoms with Gasteiger partial charge < -0.3 is 0 Å². The molecule has 0 fully saturated rings. The van der Waals surface area contributed by atoms with E-state index >= 15 is 0 Å². The number of aryl methyl sites for hydroxylation is 1. The smallest absolute Gasteiger partial charge is 0.164 e. The zero-order valence-corrected chi connectivity index (χ0v) is 60.0. The SMILES string of the molecule is Brc1cc(Br)cc(-c2nc(-c3ccccc3)cc(-c3ccccc3)n2)c1.Cc1cc(-c2ccccn2)cc(-c2ccccn2)c1.c1ccc(-c2nc(-c3ccccc3)nc(-c3cc(-c4cc(-c5ccccn5)cc(-c5ccccn5)c4)cc(-c4cc(-c5ccccn5)cc(-c5ccccn5)c4)c3)n2)cc1. The lowest BCUT2D eigenvalue weighted by atomic mass is 9.91. The topological polar surface area (TPSA) is 142 Å². The molecule has 105 heavy (non-hydrogen) atoms. The first-order valence-corrected chi connectivity index (χ1v) is 35.7. The number of pyridine rings is 6. The van der Waals surface area contributed by atoms with E-state index in [2.05, 4.69) is 146 Å². The highest BCUT2D eigenvalue weighted by Gasteiger charge is 2.19. The standard InChI is InChI=1S/C53H35N7.C22H14Br2N2.C17H14N2/c1-3-15-36(16-4-1)51-58-52(37-17-5-2-6-18-37)60-53(59-51)46-32-38(40-28-42(47-19-7-11-23-54-47)34-43(29-40)48-20-8-12-24-55-48)27-39(33-46)41-30-44(49-21-9-13-25-56-49)35-45(31-41)50-22-10-14-26-57-50;23-18-11-17(12-19(24)13-18)22-25-20(15-7-3-1-4-8-15)14-21(26-22)16-9-5-2-6-10-16;1-13-10-14(16-6-2-4-8-18-16)12-15(11-13)17-7-3-5-9-19-17/h1-35H;1-14H;2-12H,1H3. The predicted molar refractivity (Wildman–Crippen MR) is 431 cm³/mol. The van der Waals surface area contributed by atoms with E-state index in [0.29, 0.717) is 23.3 Å². The Bertz CT molecular complexity index is 5130. The van der Waals surface area contributed by atoms with E-state index in [0.717, 1.165) is 144 Å². The fraction of sp³-hybridized carbons (Fsp3) is 0.0109. The Kier molecular flexibility index (Phi) is 20.8. The van der Waals surface area contributed by atoms with E-state index in [1.807, 2.05) is 268 Å². The van der Waals surface area contributed by atoms with Gasteiger partial charge in [-0.3, -0.25) is 29.9 Å². The highest BCUT2D eigenvalue weighted by molar-refractivity contribution is 9.11. The fourth-order valence-corrected chi connectivity index (χ4v) is 13.6. The van der Waals surface area contributed by atoms with Crippen LogP contribution >= 0.6 is 31.9 Å². The maximum absolute atomic E-state index is 5.17. The Morgan fingerprint density at radius 2 is 0.400 bits per heavy atom. The molecule has 0 saturated heterocycles. The van der Waals surface area contributed by atoms with Crippen LogP contribution in [0.15, 0.2) is 374 Å². The first-order chi connectivity index (χ1) is 51.7. The molecule has 0 aliphatic heterocycles. The molecule has 0 saturated carbocycles. The second-order valence-corrected chi connectivity index (χ2v) is 26.5. The Balaban J connectivity index is 0.000000160. The van der Waals surface area contributed by atoms with Gasteiger partial charge in [0.2, 0.25) is 0 Å². The molecule has 0 bridgehead atoms. The van der Waals surface area contributed by atoms with Crippen molar-refractivity contribution in [3.63, 3.8) is 0 Å². The summed E-state index contributed by atoms with van der Waals surface area (Å²) in [7, 11) is 0. The fourth-order valence-electron chi connectivity index (χ4n) is 12.3. The molecule has 17 aromatic rings. The molecule has 9 aromatic carbocycles. The van der Waals surface area contributed by atoms with Gasteiger partial charge in [-0.15, -0.1) is 0 Å². The Labute approximate surface area is 626 Å². The van der Waals surface area contributed by atoms with Gasteiger partial charge in [-0.1, -0.05) is 190 Å². The van der Waals surface area contributed by atoms with Crippen LogP contribution in [0.2, 0.25) is 0 Å². The molecule has 0 amide bonds. The van der Waals surface area contributed by atoms with Crippen LogP contribution in [0, 0.1) is 6.92 Å². The highest BCUT2D eigenvalue weighted by atomic mass is 79.9. The molecule has 8 aromatic heterocycles. The molecule has 0 aliphatic carbocycles. The lowest BCUT2D eigenvalue weighted by Gasteiger charge is -2.15. The van der Waals surface area contributed by atoms with E-state index in [1.54, 1.807) is 0 Å². The normalized spacial score (nSPS) is 10.8. The van der Waals surface area contributed by atoms with Crippen molar-refractivity contribution in [3.05, 3.63) is 379 Å². The van der Waals surface area contributed by atoms with E-state index in [9.17, 15) is 0 Å². The summed E-state index contributed by atoms with van der Waals surface area (Å²) in [4.78, 5) is 52.8. The minimum atomic E-state index is 0.558. The van der Waals surface area contributed by atoms with Crippen molar-refractivity contribution in [2.75, 3.05) is 0 Å². The van der Waals surface area contributed by atoms with Crippen molar-refractivity contribution in [3.8, 4) is 158 Å². The molecule has 0 aliphatic rings. The lowest BCUT2D eigenvalue weighted by Crippen LogP contribution is -2.00. The Morgan fingerprint density at radius 3 is 0.695 bits per heavy atom. The molecule has 0 radical (unpaired) electrons. The summed E-state index contributed by atoms with van der Waals surface area (Å²) < 4.78 is 1.97. The van der Waals surface area contributed by atoms with Gasteiger partial charge in [0.1, 0.15) is 0 Å². The first-order valence-electron chi connectivity index (χ1n) is 34.1. The van der Waals surface area contributed by atoms with Crippen LogP contribution < -0.4 is 0 Å². The summed E-state index contributed by atoms with van der Waals surface area (Å²) in [6.07, 6.45) is 10.9. The molecule has 0 spiro atoms. The predicted octanol–water partition coefficient (Wildman–Crippen LogP) is 23.6. The third-order valence-electron chi connectivity index (χ3n) is 17.3. The average molecular weight is 1480 g/mol. The van der Waals surface area contributed by atoms with Gasteiger partial charge in [-0.2, -0.15) is 0 Å². The average Bonchev–Trinajstić information content (AvgIpc) is 0.768. The minimum Gasteiger partial charge on any atom is -0.256 e. The van der Waals surface area contributed by atoms with Crippen molar-refractivity contribution >= 4 is 31.9 Å². The number of hydrogen-bond acceptors (Lipinski definition) is 11. The molecule has 13 heteroatoms. The van der Waals surface area contributed by atoms with Crippen molar-refractivity contribution in [2.45, 2.75) is 6.92 Å². The van der Waals surface area contributed by atoms with Crippen molar-refractivity contribution in [1.29, 1.82) is 0 Å². The number of benzene rings is 9. The molecule has 11 nitrogen and oxygen atoms in total. The van der Waals surface area contributed by atoms with Crippen LogP contribution in [0.25, 0.3) is 158 Å². The van der Waals surface area contributed by atoms with E-state index in [4.69, 9.17) is 44.9 Å².